The van der Waals surface area contributed by atoms with Gasteiger partial charge in [0.05, 0.1) is 17.4 Å². The summed E-state index contributed by atoms with van der Waals surface area (Å²) < 4.78 is 104. The van der Waals surface area contributed by atoms with Gasteiger partial charge in [0.2, 0.25) is 0 Å². The highest BCUT2D eigenvalue weighted by atomic mass is 32.2. The van der Waals surface area contributed by atoms with Crippen molar-refractivity contribution in [3.63, 3.8) is 0 Å². The zero-order valence-corrected chi connectivity index (χ0v) is 12.5. The minimum Gasteiger partial charge on any atom is -0.262 e. The van der Waals surface area contributed by atoms with Gasteiger partial charge in [-0.2, -0.15) is 34.8 Å². The van der Waals surface area contributed by atoms with Crippen molar-refractivity contribution in [2.75, 3.05) is 6.26 Å². The number of hydrogen-bond acceptors (Lipinski definition) is 3. The second kappa shape index (κ2) is 6.52. The fourth-order valence-electron chi connectivity index (χ4n) is 1.76. The van der Waals surface area contributed by atoms with Crippen molar-refractivity contribution in [1.82, 2.24) is 0 Å². The topological polar surface area (TPSA) is 43.4 Å². The van der Waals surface area contributed by atoms with Crippen LogP contribution in [0.4, 0.5) is 26.3 Å². The fourth-order valence-corrected chi connectivity index (χ4v) is 2.37. The van der Waals surface area contributed by atoms with Crippen LogP contribution in [0.15, 0.2) is 30.9 Å². The molecule has 0 spiro atoms. The molecule has 0 radical (unpaired) electrons. The largest absolute Gasteiger partial charge is 0.416 e. The minimum absolute atomic E-state index is 0.0467. The van der Waals surface area contributed by atoms with E-state index in [1.807, 2.05) is 0 Å². The molecule has 0 aliphatic carbocycles. The zero-order valence-electron chi connectivity index (χ0n) is 11.7. The Morgan fingerprint density at radius 3 is 1.83 bits per heavy atom. The van der Waals surface area contributed by atoms with E-state index in [0.29, 0.717) is 18.4 Å². The third-order valence-corrected chi connectivity index (χ3v) is 3.24. The average molecular weight is 362 g/mol. The predicted octanol–water partition coefficient (Wildman–Crippen LogP) is 4.32. The van der Waals surface area contributed by atoms with E-state index >= 15 is 0 Å². The van der Waals surface area contributed by atoms with Gasteiger partial charge in [0.1, 0.15) is 6.10 Å². The first kappa shape index (κ1) is 19.5. The summed E-state index contributed by atoms with van der Waals surface area (Å²) in [5.41, 5.74) is -3.65. The van der Waals surface area contributed by atoms with E-state index in [4.69, 9.17) is 0 Å². The van der Waals surface area contributed by atoms with E-state index in [9.17, 15) is 34.8 Å². The molecule has 0 N–H and O–H groups in total. The van der Waals surface area contributed by atoms with Crippen molar-refractivity contribution >= 4 is 10.1 Å². The zero-order chi connectivity index (χ0) is 18.1. The van der Waals surface area contributed by atoms with Crippen LogP contribution >= 0.6 is 0 Å². The van der Waals surface area contributed by atoms with E-state index in [0.717, 1.165) is 6.08 Å². The van der Waals surface area contributed by atoms with E-state index in [-0.39, 0.29) is 12.5 Å². The highest BCUT2D eigenvalue weighted by Gasteiger charge is 2.37. The van der Waals surface area contributed by atoms with Gasteiger partial charge >= 0.3 is 12.4 Å². The molecule has 0 bridgehead atoms. The lowest BCUT2D eigenvalue weighted by atomic mass is 9.99. The summed E-state index contributed by atoms with van der Waals surface area (Å²) in [6.07, 6.45) is -10.1. The van der Waals surface area contributed by atoms with Crippen LogP contribution in [-0.2, 0) is 26.7 Å². The van der Waals surface area contributed by atoms with Crippen LogP contribution in [0.5, 0.6) is 0 Å². The molecule has 0 amide bonds. The van der Waals surface area contributed by atoms with E-state index in [1.165, 1.54) is 0 Å². The molecule has 0 saturated carbocycles. The monoisotopic (exact) mass is 362 g/mol. The Balaban J connectivity index is 3.50. The van der Waals surface area contributed by atoms with Gasteiger partial charge in [-0.05, 0) is 30.2 Å². The van der Waals surface area contributed by atoms with Gasteiger partial charge in [-0.25, -0.2) is 0 Å². The number of hydrogen-bond donors (Lipinski definition) is 0. The summed E-state index contributed by atoms with van der Waals surface area (Å²) in [4.78, 5) is 0. The van der Waals surface area contributed by atoms with Gasteiger partial charge in [-0.3, -0.25) is 4.18 Å². The maximum Gasteiger partial charge on any atom is 0.416 e. The van der Waals surface area contributed by atoms with Crippen molar-refractivity contribution in [1.29, 1.82) is 0 Å². The molecule has 3 nitrogen and oxygen atoms in total. The second-order valence-corrected chi connectivity index (χ2v) is 6.25. The molecule has 0 aromatic heterocycles. The molecule has 0 aliphatic heterocycles. The van der Waals surface area contributed by atoms with Crippen LogP contribution in [0.3, 0.4) is 0 Å². The minimum atomic E-state index is -5.03. The van der Waals surface area contributed by atoms with Gasteiger partial charge in [0.25, 0.3) is 10.1 Å². The SMILES string of the molecule is C=CCC(OS(C)(=O)=O)c1cc(C(F)(F)F)cc(C(F)(F)F)c1. The molecule has 0 heterocycles. The molecule has 0 fully saturated rings. The van der Waals surface area contributed by atoms with Gasteiger partial charge in [0, 0.05) is 0 Å². The maximum absolute atomic E-state index is 12.8. The van der Waals surface area contributed by atoms with Crippen molar-refractivity contribution in [3.05, 3.63) is 47.5 Å². The number of halogens is 6. The Morgan fingerprint density at radius 2 is 1.52 bits per heavy atom. The third kappa shape index (κ3) is 5.87. The van der Waals surface area contributed by atoms with E-state index in [1.54, 1.807) is 0 Å². The summed E-state index contributed by atoms with van der Waals surface area (Å²) in [6.45, 7) is 3.28. The normalized spacial score (nSPS) is 14.6. The molecule has 0 aliphatic rings. The quantitative estimate of drug-likeness (QED) is 0.445. The highest BCUT2D eigenvalue weighted by molar-refractivity contribution is 7.86. The molecule has 1 unspecified atom stereocenters. The van der Waals surface area contributed by atoms with Gasteiger partial charge in [0.15, 0.2) is 0 Å². The van der Waals surface area contributed by atoms with Crippen LogP contribution in [0, 0.1) is 0 Å². The summed E-state index contributed by atoms with van der Waals surface area (Å²) >= 11 is 0. The fraction of sp³-hybridized carbons (Fsp3) is 0.385. The summed E-state index contributed by atoms with van der Waals surface area (Å²) in [6, 6.07) is 0.804. The molecule has 1 atom stereocenters. The Kier molecular flexibility index (Phi) is 5.53. The summed E-state index contributed by atoms with van der Waals surface area (Å²) in [7, 11) is -4.10. The Hall–Kier alpha value is -1.55. The van der Waals surface area contributed by atoms with Crippen LogP contribution in [0.1, 0.15) is 29.2 Å². The smallest absolute Gasteiger partial charge is 0.262 e. The van der Waals surface area contributed by atoms with E-state index < -0.39 is 45.3 Å². The Labute approximate surface area is 128 Å². The van der Waals surface area contributed by atoms with Gasteiger partial charge in [-0.15, -0.1) is 6.58 Å². The Morgan fingerprint density at radius 1 is 1.09 bits per heavy atom. The molecular weight excluding hydrogens is 350 g/mol. The molecule has 10 heteroatoms. The number of alkyl halides is 6. The van der Waals surface area contributed by atoms with Crippen LogP contribution in [0.2, 0.25) is 0 Å². The lowest BCUT2D eigenvalue weighted by Gasteiger charge is -2.19. The molecule has 0 saturated heterocycles. The maximum atomic E-state index is 12.8. The first-order valence-corrected chi connectivity index (χ1v) is 7.84. The number of rotatable bonds is 5. The van der Waals surface area contributed by atoms with E-state index in [2.05, 4.69) is 10.8 Å². The van der Waals surface area contributed by atoms with Gasteiger partial charge < -0.3 is 0 Å². The first-order chi connectivity index (χ1) is 10.2. The number of benzene rings is 1. The van der Waals surface area contributed by atoms with Gasteiger partial charge in [-0.1, -0.05) is 6.08 Å². The van der Waals surface area contributed by atoms with Crippen LogP contribution in [0.25, 0.3) is 0 Å². The molecule has 1 aromatic rings. The van der Waals surface area contributed by atoms with Crippen LogP contribution < -0.4 is 0 Å². The average Bonchev–Trinajstić information content (AvgIpc) is 2.34. The third-order valence-electron chi connectivity index (χ3n) is 2.65. The molecule has 1 rings (SSSR count). The molecule has 23 heavy (non-hydrogen) atoms. The molecule has 130 valence electrons. The van der Waals surface area contributed by atoms with Crippen molar-refractivity contribution < 1.29 is 38.9 Å². The lowest BCUT2D eigenvalue weighted by molar-refractivity contribution is -0.143. The molecule has 1 aromatic carbocycles. The predicted molar refractivity (Wildman–Crippen MR) is 69.9 cm³/mol. The second-order valence-electron chi connectivity index (χ2n) is 4.65. The van der Waals surface area contributed by atoms with Crippen LogP contribution in [-0.4, -0.2) is 14.7 Å². The molecular formula is C13H12F6O3S. The summed E-state index contributed by atoms with van der Waals surface area (Å²) in [5, 5.41) is 0. The first-order valence-electron chi connectivity index (χ1n) is 6.02. The van der Waals surface area contributed by atoms with Crippen molar-refractivity contribution in [2.24, 2.45) is 0 Å². The highest BCUT2D eigenvalue weighted by Crippen LogP contribution is 2.38. The lowest BCUT2D eigenvalue weighted by Crippen LogP contribution is -2.15. The Bertz CT molecular complexity index is 644. The standard InChI is InChI=1S/C13H12F6O3S/c1-3-4-11(22-23(2,20)21)8-5-9(12(14,15)16)7-10(6-8)13(17,18)19/h3,5-7,11H,1,4H2,2H3. The summed E-state index contributed by atoms with van der Waals surface area (Å²) in [5.74, 6) is 0. The van der Waals surface area contributed by atoms with Crippen molar-refractivity contribution in [3.8, 4) is 0 Å². The van der Waals surface area contributed by atoms with Crippen molar-refractivity contribution in [2.45, 2.75) is 24.9 Å².